The maximum atomic E-state index is 6.06. The first-order valence-electron chi connectivity index (χ1n) is 8.68. The van der Waals surface area contributed by atoms with Crippen molar-refractivity contribution in [3.05, 3.63) is 53.3 Å². The van der Waals surface area contributed by atoms with Gasteiger partial charge in [0.1, 0.15) is 0 Å². The largest absolute Gasteiger partial charge is 0.379 e. The first-order chi connectivity index (χ1) is 11.3. The van der Waals surface area contributed by atoms with E-state index in [0.29, 0.717) is 6.04 Å². The highest BCUT2D eigenvalue weighted by Gasteiger charge is 2.31. The van der Waals surface area contributed by atoms with Gasteiger partial charge in [-0.05, 0) is 36.3 Å². The monoisotopic (exact) mass is 311 g/mol. The fourth-order valence-corrected chi connectivity index (χ4v) is 3.53. The molecule has 122 valence electrons. The van der Waals surface area contributed by atoms with Crippen molar-refractivity contribution in [2.75, 3.05) is 19.8 Å². The Morgan fingerprint density at radius 2 is 2.00 bits per heavy atom. The van der Waals surface area contributed by atoms with E-state index in [4.69, 9.17) is 4.74 Å². The number of aryl methyl sites for hydroxylation is 1. The SMILES string of the molecule is Cn1ncc2c1[C@@H](COCC1CC1)N(Cc1ccccc1)CC2. The number of fused-ring (bicyclic) bond motifs is 1. The predicted molar refractivity (Wildman–Crippen MR) is 90.0 cm³/mol. The summed E-state index contributed by atoms with van der Waals surface area (Å²) in [4.78, 5) is 2.55. The smallest absolute Gasteiger partial charge is 0.0760 e. The number of hydrogen-bond donors (Lipinski definition) is 0. The summed E-state index contributed by atoms with van der Waals surface area (Å²) in [7, 11) is 2.05. The van der Waals surface area contributed by atoms with Crippen LogP contribution in [0.25, 0.3) is 0 Å². The molecule has 1 fully saturated rings. The zero-order valence-electron chi connectivity index (χ0n) is 13.8. The molecule has 4 rings (SSSR count). The van der Waals surface area contributed by atoms with Crippen LogP contribution in [0.5, 0.6) is 0 Å². The van der Waals surface area contributed by atoms with Gasteiger partial charge in [0.15, 0.2) is 0 Å². The number of benzene rings is 1. The van der Waals surface area contributed by atoms with Crippen LogP contribution in [0, 0.1) is 5.92 Å². The van der Waals surface area contributed by atoms with E-state index in [2.05, 4.69) is 47.4 Å². The lowest BCUT2D eigenvalue weighted by molar-refractivity contribution is 0.0413. The molecule has 2 heterocycles. The Morgan fingerprint density at radius 3 is 2.78 bits per heavy atom. The van der Waals surface area contributed by atoms with E-state index in [-0.39, 0.29) is 0 Å². The highest BCUT2D eigenvalue weighted by Crippen LogP contribution is 2.33. The molecule has 0 radical (unpaired) electrons. The van der Waals surface area contributed by atoms with Crippen molar-refractivity contribution in [1.82, 2.24) is 14.7 Å². The second kappa shape index (κ2) is 6.46. The van der Waals surface area contributed by atoms with E-state index in [1.165, 1.54) is 29.7 Å². The maximum Gasteiger partial charge on any atom is 0.0760 e. The highest BCUT2D eigenvalue weighted by molar-refractivity contribution is 5.26. The standard InChI is InChI=1S/C19H25N3O/c1-21-19-17(11-20-21)9-10-22(12-15-5-3-2-4-6-15)18(19)14-23-13-16-7-8-16/h2-6,11,16,18H,7-10,12-14H2,1H3/t18-/m1/s1. The first kappa shape index (κ1) is 14.9. The summed E-state index contributed by atoms with van der Waals surface area (Å²) in [6.45, 7) is 3.74. The molecule has 0 spiro atoms. The van der Waals surface area contributed by atoms with Crippen molar-refractivity contribution < 1.29 is 4.74 Å². The van der Waals surface area contributed by atoms with Crippen LogP contribution in [0.4, 0.5) is 0 Å². The Morgan fingerprint density at radius 1 is 1.17 bits per heavy atom. The molecule has 23 heavy (non-hydrogen) atoms. The van der Waals surface area contributed by atoms with Gasteiger partial charge in [-0.15, -0.1) is 0 Å². The number of aromatic nitrogens is 2. The van der Waals surface area contributed by atoms with Crippen molar-refractivity contribution in [1.29, 1.82) is 0 Å². The molecule has 0 unspecified atom stereocenters. The van der Waals surface area contributed by atoms with Crippen LogP contribution in [0.1, 0.15) is 35.7 Å². The van der Waals surface area contributed by atoms with E-state index >= 15 is 0 Å². The van der Waals surface area contributed by atoms with Gasteiger partial charge in [-0.25, -0.2) is 0 Å². The zero-order chi connectivity index (χ0) is 15.6. The second-order valence-electron chi connectivity index (χ2n) is 6.88. The lowest BCUT2D eigenvalue weighted by Gasteiger charge is -2.36. The van der Waals surface area contributed by atoms with E-state index in [9.17, 15) is 0 Å². The first-order valence-corrected chi connectivity index (χ1v) is 8.68. The van der Waals surface area contributed by atoms with Gasteiger partial charge in [0.2, 0.25) is 0 Å². The molecule has 0 amide bonds. The molecule has 2 aliphatic rings. The summed E-state index contributed by atoms with van der Waals surface area (Å²) >= 11 is 0. The van der Waals surface area contributed by atoms with Crippen LogP contribution in [-0.4, -0.2) is 34.4 Å². The summed E-state index contributed by atoms with van der Waals surface area (Å²) in [6.07, 6.45) is 5.79. The Kier molecular flexibility index (Phi) is 4.19. The van der Waals surface area contributed by atoms with E-state index in [0.717, 1.165) is 38.6 Å². The molecule has 1 aliphatic carbocycles. The van der Waals surface area contributed by atoms with Crippen LogP contribution in [0.15, 0.2) is 36.5 Å². The summed E-state index contributed by atoms with van der Waals surface area (Å²) < 4.78 is 8.10. The fraction of sp³-hybridized carbons (Fsp3) is 0.526. The molecule has 1 aromatic heterocycles. The molecule has 2 aromatic rings. The lowest BCUT2D eigenvalue weighted by atomic mass is 9.99. The average molecular weight is 311 g/mol. The summed E-state index contributed by atoms with van der Waals surface area (Å²) in [6, 6.07) is 11.0. The predicted octanol–water partition coefficient (Wildman–Crippen LogP) is 2.95. The lowest BCUT2D eigenvalue weighted by Crippen LogP contribution is -2.38. The second-order valence-corrected chi connectivity index (χ2v) is 6.88. The van der Waals surface area contributed by atoms with Crippen molar-refractivity contribution in [2.45, 2.75) is 31.8 Å². The van der Waals surface area contributed by atoms with Crippen molar-refractivity contribution in [2.24, 2.45) is 13.0 Å². The Balaban J connectivity index is 1.52. The minimum Gasteiger partial charge on any atom is -0.379 e. The van der Waals surface area contributed by atoms with E-state index in [1.54, 1.807) is 0 Å². The van der Waals surface area contributed by atoms with Gasteiger partial charge in [0.25, 0.3) is 0 Å². The van der Waals surface area contributed by atoms with Gasteiger partial charge in [-0.3, -0.25) is 9.58 Å². The molecule has 1 aliphatic heterocycles. The van der Waals surface area contributed by atoms with Crippen LogP contribution >= 0.6 is 0 Å². The van der Waals surface area contributed by atoms with Gasteiger partial charge in [-0.2, -0.15) is 5.10 Å². The average Bonchev–Trinajstić information content (AvgIpc) is 3.32. The molecule has 4 nitrogen and oxygen atoms in total. The van der Waals surface area contributed by atoms with Crippen LogP contribution in [0.2, 0.25) is 0 Å². The van der Waals surface area contributed by atoms with E-state index in [1.807, 2.05) is 10.9 Å². The number of rotatable bonds is 6. The van der Waals surface area contributed by atoms with Gasteiger partial charge >= 0.3 is 0 Å². The Labute approximate surface area is 138 Å². The molecule has 0 N–H and O–H groups in total. The Hall–Kier alpha value is -1.65. The molecular weight excluding hydrogens is 286 g/mol. The van der Waals surface area contributed by atoms with Gasteiger partial charge < -0.3 is 4.74 Å². The molecule has 1 saturated carbocycles. The van der Waals surface area contributed by atoms with Crippen molar-refractivity contribution in [3.63, 3.8) is 0 Å². The molecule has 4 heteroatoms. The molecular formula is C19H25N3O. The third-order valence-electron chi connectivity index (χ3n) is 5.04. The summed E-state index contributed by atoms with van der Waals surface area (Å²) in [5.41, 5.74) is 4.09. The minimum absolute atomic E-state index is 0.310. The van der Waals surface area contributed by atoms with Crippen LogP contribution in [-0.2, 0) is 24.8 Å². The fourth-order valence-electron chi connectivity index (χ4n) is 3.53. The van der Waals surface area contributed by atoms with Gasteiger partial charge in [-0.1, -0.05) is 30.3 Å². The molecule has 0 bridgehead atoms. The molecule has 1 aromatic carbocycles. The number of nitrogens with zero attached hydrogens (tertiary/aromatic N) is 3. The topological polar surface area (TPSA) is 30.3 Å². The third kappa shape index (κ3) is 3.33. The van der Waals surface area contributed by atoms with E-state index < -0.39 is 0 Å². The normalized spacial score (nSPS) is 21.3. The summed E-state index contributed by atoms with van der Waals surface area (Å²) in [5, 5.41) is 4.48. The van der Waals surface area contributed by atoms with Gasteiger partial charge in [0, 0.05) is 26.7 Å². The zero-order valence-corrected chi connectivity index (χ0v) is 13.8. The minimum atomic E-state index is 0.310. The maximum absolute atomic E-state index is 6.06. The van der Waals surface area contributed by atoms with Crippen LogP contribution in [0.3, 0.4) is 0 Å². The Bertz CT molecular complexity index is 648. The molecule has 1 atom stereocenters. The molecule has 0 saturated heterocycles. The van der Waals surface area contributed by atoms with Crippen molar-refractivity contribution >= 4 is 0 Å². The van der Waals surface area contributed by atoms with Crippen LogP contribution < -0.4 is 0 Å². The highest BCUT2D eigenvalue weighted by atomic mass is 16.5. The quantitative estimate of drug-likeness (QED) is 0.822. The van der Waals surface area contributed by atoms with Crippen molar-refractivity contribution in [3.8, 4) is 0 Å². The number of ether oxygens (including phenoxy) is 1. The third-order valence-corrected chi connectivity index (χ3v) is 5.04. The number of hydrogen-bond acceptors (Lipinski definition) is 3. The summed E-state index contributed by atoms with van der Waals surface area (Å²) in [5.74, 6) is 0.812. The van der Waals surface area contributed by atoms with Gasteiger partial charge in [0.05, 0.1) is 24.5 Å².